The molecule has 0 heterocycles. The largest absolute Gasteiger partial charge is 0.479 e. The molecule has 3 N–H and O–H groups in total. The lowest BCUT2D eigenvalue weighted by Gasteiger charge is -2.21. The third-order valence-corrected chi connectivity index (χ3v) is 2.92. The summed E-state index contributed by atoms with van der Waals surface area (Å²) in [6.45, 7) is 2.53. The summed E-state index contributed by atoms with van der Waals surface area (Å²) >= 11 is 1.20. The summed E-state index contributed by atoms with van der Waals surface area (Å²) in [4.78, 5) is 36.5. The maximum Gasteiger partial charge on any atom is 0.354 e. The molecule has 0 radical (unpaired) electrons. The van der Waals surface area contributed by atoms with E-state index < -0.39 is 29.6 Å². The molecule has 2 unspecified atom stereocenters. The summed E-state index contributed by atoms with van der Waals surface area (Å²) in [5, 5.41) is 25.9. The number of aliphatic carboxylic acids is 2. The van der Waals surface area contributed by atoms with Crippen LogP contribution in [0.3, 0.4) is 0 Å². The summed E-state index contributed by atoms with van der Waals surface area (Å²) < 4.78 is 4.51. The van der Waals surface area contributed by atoms with Gasteiger partial charge in [-0.25, -0.2) is 19.3 Å². The molecule has 8 nitrogen and oxygen atoms in total. The van der Waals surface area contributed by atoms with Gasteiger partial charge >= 0.3 is 17.9 Å². The van der Waals surface area contributed by atoms with Crippen molar-refractivity contribution in [2.24, 2.45) is 0 Å². The van der Waals surface area contributed by atoms with Crippen molar-refractivity contribution in [1.29, 1.82) is 0 Å². The van der Waals surface area contributed by atoms with Gasteiger partial charge in [0.05, 0.1) is 0 Å². The second-order valence-electron chi connectivity index (χ2n) is 3.32. The van der Waals surface area contributed by atoms with Gasteiger partial charge in [0, 0.05) is 5.75 Å². The van der Waals surface area contributed by atoms with E-state index in [1.54, 1.807) is 6.92 Å². The molecule has 0 aromatic carbocycles. The van der Waals surface area contributed by atoms with Gasteiger partial charge in [-0.3, -0.25) is 5.26 Å². The summed E-state index contributed by atoms with van der Waals surface area (Å²) in [5.74, 6) is -4.11. The van der Waals surface area contributed by atoms with Crippen molar-refractivity contribution in [3.05, 3.63) is 0 Å². The van der Waals surface area contributed by atoms with Crippen LogP contribution in [0, 0.1) is 0 Å². The molecular weight excluding hydrogens is 268 g/mol. The van der Waals surface area contributed by atoms with E-state index >= 15 is 0 Å². The van der Waals surface area contributed by atoms with E-state index in [4.69, 9.17) is 15.5 Å². The summed E-state index contributed by atoms with van der Waals surface area (Å²) in [7, 11) is 0. The smallest absolute Gasteiger partial charge is 0.354 e. The monoisotopic (exact) mass is 282 g/mol. The third-order valence-electron chi connectivity index (χ3n) is 1.98. The molecule has 0 aliphatic carbocycles. The van der Waals surface area contributed by atoms with Crippen LogP contribution in [0.4, 0.5) is 0 Å². The zero-order valence-corrected chi connectivity index (χ0v) is 10.6. The van der Waals surface area contributed by atoms with Crippen LogP contribution in [-0.2, 0) is 24.0 Å². The van der Waals surface area contributed by atoms with Gasteiger partial charge in [-0.05, 0) is 12.7 Å². The van der Waals surface area contributed by atoms with Crippen molar-refractivity contribution < 1.29 is 39.5 Å². The van der Waals surface area contributed by atoms with Gasteiger partial charge in [-0.15, -0.1) is 0 Å². The Morgan fingerprint density at radius 2 is 1.89 bits per heavy atom. The lowest BCUT2D eigenvalue weighted by Crippen LogP contribution is -2.49. The molecule has 0 rings (SSSR count). The fraction of sp³-hybridized carbons (Fsp3) is 0.667. The number of carboxylic acids is 2. The molecule has 0 saturated heterocycles. The van der Waals surface area contributed by atoms with E-state index in [1.165, 1.54) is 11.8 Å². The quantitative estimate of drug-likeness (QED) is 0.245. The van der Waals surface area contributed by atoms with Crippen molar-refractivity contribution in [3.8, 4) is 0 Å². The molecular formula is C9H14O8S. The minimum Gasteiger partial charge on any atom is -0.479 e. The third kappa shape index (κ3) is 4.17. The zero-order valence-electron chi connectivity index (χ0n) is 9.78. The summed E-state index contributed by atoms with van der Waals surface area (Å²) in [5.41, 5.74) is -2.65. The minimum absolute atomic E-state index is 0.0291. The molecule has 0 aliphatic heterocycles. The zero-order chi connectivity index (χ0) is 14.3. The maximum absolute atomic E-state index is 11.5. The first-order valence-electron chi connectivity index (χ1n) is 4.87. The van der Waals surface area contributed by atoms with Crippen LogP contribution in [0.5, 0.6) is 0 Å². The Morgan fingerprint density at radius 1 is 1.33 bits per heavy atom. The van der Waals surface area contributed by atoms with E-state index in [-0.39, 0.29) is 5.75 Å². The van der Waals surface area contributed by atoms with Crippen LogP contribution in [0.1, 0.15) is 13.8 Å². The van der Waals surface area contributed by atoms with Crippen LogP contribution >= 0.6 is 11.8 Å². The van der Waals surface area contributed by atoms with Gasteiger partial charge in [0.2, 0.25) is 6.10 Å². The molecule has 18 heavy (non-hydrogen) atoms. The first-order valence-corrected chi connectivity index (χ1v) is 6.02. The van der Waals surface area contributed by atoms with Crippen LogP contribution in [-0.4, -0.2) is 56.6 Å². The van der Waals surface area contributed by atoms with Gasteiger partial charge in [0.15, 0.2) is 0 Å². The molecule has 2 atom stereocenters. The van der Waals surface area contributed by atoms with E-state index in [0.29, 0.717) is 5.75 Å². The Balaban J connectivity index is 4.77. The van der Waals surface area contributed by atoms with Gasteiger partial charge in [-0.2, -0.15) is 11.8 Å². The maximum atomic E-state index is 11.5. The van der Waals surface area contributed by atoms with Gasteiger partial charge in [-0.1, -0.05) is 6.92 Å². The first-order chi connectivity index (χ1) is 8.29. The Bertz CT molecular complexity index is 331. The van der Waals surface area contributed by atoms with E-state index in [0.717, 1.165) is 6.92 Å². The van der Waals surface area contributed by atoms with Crippen LogP contribution in [0.25, 0.3) is 0 Å². The van der Waals surface area contributed by atoms with E-state index in [1.807, 2.05) is 0 Å². The number of esters is 1. The fourth-order valence-electron chi connectivity index (χ4n) is 0.786. The normalized spacial score (nSPS) is 15.5. The average molecular weight is 282 g/mol. The molecule has 0 amide bonds. The average Bonchev–Trinajstić information content (AvgIpc) is 2.32. The molecule has 0 aromatic heterocycles. The number of carboxylic acid groups (broad SMARTS) is 2. The minimum atomic E-state index is -2.65. The predicted octanol–water partition coefficient (Wildman–Crippen LogP) is 0.0688. The Labute approximate surface area is 107 Å². The van der Waals surface area contributed by atoms with Crippen molar-refractivity contribution in [2.45, 2.75) is 25.6 Å². The topological polar surface area (TPSA) is 130 Å². The number of hydrogen-bond donors (Lipinski definition) is 3. The number of carbonyl (C=O) groups excluding carboxylic acids is 1. The highest BCUT2D eigenvalue weighted by Gasteiger charge is 2.47. The second kappa shape index (κ2) is 7.19. The molecule has 0 aliphatic rings. The molecule has 104 valence electrons. The summed E-state index contributed by atoms with van der Waals surface area (Å²) in [6.07, 6.45) is -1.50. The van der Waals surface area contributed by atoms with Gasteiger partial charge in [0.1, 0.15) is 0 Å². The predicted molar refractivity (Wildman–Crippen MR) is 60.3 cm³/mol. The SMILES string of the molecule is CCSCC(OC(=O)C(C)(OO)C(=O)O)C(=O)O. The number of rotatable bonds is 8. The Hall–Kier alpha value is -1.32. The van der Waals surface area contributed by atoms with E-state index in [9.17, 15) is 14.4 Å². The highest BCUT2D eigenvalue weighted by Crippen LogP contribution is 2.15. The molecule has 0 saturated carbocycles. The highest BCUT2D eigenvalue weighted by molar-refractivity contribution is 7.99. The number of thioether (sulfide) groups is 1. The van der Waals surface area contributed by atoms with Gasteiger partial charge < -0.3 is 14.9 Å². The highest BCUT2D eigenvalue weighted by atomic mass is 32.2. The Morgan fingerprint density at radius 3 is 2.22 bits per heavy atom. The second-order valence-corrected chi connectivity index (χ2v) is 4.64. The number of ether oxygens (including phenoxy) is 1. The van der Waals surface area contributed by atoms with Crippen LogP contribution in [0.2, 0.25) is 0 Å². The van der Waals surface area contributed by atoms with Crippen LogP contribution in [0.15, 0.2) is 0 Å². The van der Waals surface area contributed by atoms with Crippen molar-refractivity contribution in [2.75, 3.05) is 11.5 Å². The van der Waals surface area contributed by atoms with Gasteiger partial charge in [0.25, 0.3) is 5.60 Å². The van der Waals surface area contributed by atoms with Crippen molar-refractivity contribution >= 4 is 29.7 Å². The molecule has 0 fully saturated rings. The number of carbonyl (C=O) groups is 3. The fourth-order valence-corrected chi connectivity index (χ4v) is 1.45. The molecule has 0 aromatic rings. The molecule has 0 spiro atoms. The Kier molecular flexibility index (Phi) is 6.66. The first kappa shape index (κ1) is 16.7. The van der Waals surface area contributed by atoms with E-state index in [2.05, 4.69) is 9.62 Å². The lowest BCUT2D eigenvalue weighted by molar-refractivity contribution is -0.308. The number of hydrogen-bond acceptors (Lipinski definition) is 7. The standard InChI is InChI=1S/C9H14O8S/c1-3-18-4-5(6(10)11)16-8(14)9(2,17-15)7(12)13/h5,15H,3-4H2,1-2H3,(H,10,11)(H,12,13). The van der Waals surface area contributed by atoms with Crippen molar-refractivity contribution in [3.63, 3.8) is 0 Å². The van der Waals surface area contributed by atoms with Crippen molar-refractivity contribution in [1.82, 2.24) is 0 Å². The lowest BCUT2D eigenvalue weighted by atomic mass is 10.1. The summed E-state index contributed by atoms with van der Waals surface area (Å²) in [6, 6.07) is 0. The molecule has 0 bridgehead atoms. The molecule has 9 heteroatoms. The van der Waals surface area contributed by atoms with Crippen LogP contribution < -0.4 is 0 Å².